The van der Waals surface area contributed by atoms with Crippen LogP contribution in [0.4, 0.5) is 4.39 Å². The van der Waals surface area contributed by atoms with Gasteiger partial charge in [0.25, 0.3) is 11.8 Å². The Bertz CT molecular complexity index is 914. The fourth-order valence-electron chi connectivity index (χ4n) is 2.67. The molecule has 7 nitrogen and oxygen atoms in total. The Labute approximate surface area is 156 Å². The van der Waals surface area contributed by atoms with Crippen LogP contribution in [-0.2, 0) is 6.54 Å². The second-order valence-electron chi connectivity index (χ2n) is 5.79. The van der Waals surface area contributed by atoms with Gasteiger partial charge in [0, 0.05) is 36.6 Å². The molecule has 1 aromatic carbocycles. The molecule has 0 aliphatic heterocycles. The number of carbonyl (C=O) groups excluding carboxylic acids is 1. The largest absolute Gasteiger partial charge is 0.479 e. The Morgan fingerprint density at radius 2 is 2.19 bits per heavy atom. The van der Waals surface area contributed by atoms with Crippen molar-refractivity contribution in [2.75, 3.05) is 20.2 Å². The number of benzene rings is 1. The van der Waals surface area contributed by atoms with Crippen LogP contribution in [0.5, 0.6) is 5.88 Å². The molecule has 0 radical (unpaired) electrons. The lowest BCUT2D eigenvalue weighted by Gasteiger charge is -2.21. The van der Waals surface area contributed by atoms with Crippen LogP contribution in [-0.4, -0.2) is 50.8 Å². The smallest absolute Gasteiger partial charge is 0.253 e. The molecule has 0 saturated carbocycles. The first-order valence-electron chi connectivity index (χ1n) is 8.56. The van der Waals surface area contributed by atoms with E-state index in [0.717, 1.165) is 6.20 Å². The summed E-state index contributed by atoms with van der Waals surface area (Å²) in [6, 6.07) is 8.81. The van der Waals surface area contributed by atoms with Crippen LogP contribution < -0.4 is 4.74 Å². The van der Waals surface area contributed by atoms with Crippen molar-refractivity contribution in [3.63, 3.8) is 0 Å². The number of aromatic nitrogens is 4. The van der Waals surface area contributed by atoms with Crippen molar-refractivity contribution in [3.05, 3.63) is 60.3 Å². The Balaban J connectivity index is 1.80. The first kappa shape index (κ1) is 18.5. The molecule has 0 aliphatic carbocycles. The quantitative estimate of drug-likeness (QED) is 0.640. The molecule has 2 aromatic heterocycles. The number of nitrogens with zero attached hydrogens (tertiary/aromatic N) is 5. The zero-order valence-corrected chi connectivity index (χ0v) is 15.2. The van der Waals surface area contributed by atoms with Gasteiger partial charge in [0.1, 0.15) is 0 Å². The lowest BCUT2D eigenvalue weighted by molar-refractivity contribution is 0.0757. The van der Waals surface area contributed by atoms with Crippen LogP contribution in [0, 0.1) is 5.82 Å². The van der Waals surface area contributed by atoms with Crippen LogP contribution in [0.1, 0.15) is 17.3 Å². The molecule has 27 heavy (non-hydrogen) atoms. The predicted molar refractivity (Wildman–Crippen MR) is 97.8 cm³/mol. The molecule has 140 valence electrons. The Kier molecular flexibility index (Phi) is 5.75. The third-order valence-electron chi connectivity index (χ3n) is 4.10. The molecular weight excluding hydrogens is 349 g/mol. The number of likely N-dealkylation sites (N-methyl/N-ethyl adjacent to an activating group) is 1. The third-order valence-corrected chi connectivity index (χ3v) is 4.10. The number of hydrogen-bond acceptors (Lipinski definition) is 5. The molecule has 2 heterocycles. The number of carbonyl (C=O) groups is 1. The molecule has 3 rings (SSSR count). The van der Waals surface area contributed by atoms with Gasteiger partial charge in [0.15, 0.2) is 5.82 Å². The number of ether oxygens (including phenoxy) is 1. The molecule has 0 aliphatic rings. The summed E-state index contributed by atoms with van der Waals surface area (Å²) in [5, 5.41) is 4.15. The number of hydrogen-bond donors (Lipinski definition) is 0. The zero-order valence-electron chi connectivity index (χ0n) is 15.2. The molecule has 1 amide bonds. The second-order valence-corrected chi connectivity index (χ2v) is 5.79. The van der Waals surface area contributed by atoms with Crippen molar-refractivity contribution >= 4 is 5.91 Å². The molecule has 0 bridgehead atoms. The maximum atomic E-state index is 13.5. The summed E-state index contributed by atoms with van der Waals surface area (Å²) in [6.45, 7) is 3.66. The van der Waals surface area contributed by atoms with E-state index in [1.807, 2.05) is 19.2 Å². The topological polar surface area (TPSA) is 73.1 Å². The van der Waals surface area contributed by atoms with Crippen molar-refractivity contribution in [3.8, 4) is 17.3 Å². The second kappa shape index (κ2) is 8.39. The van der Waals surface area contributed by atoms with Gasteiger partial charge in [-0.3, -0.25) is 9.48 Å². The van der Waals surface area contributed by atoms with Crippen LogP contribution in [0.2, 0.25) is 0 Å². The molecule has 0 N–H and O–H groups in total. The van der Waals surface area contributed by atoms with Crippen molar-refractivity contribution in [1.29, 1.82) is 0 Å². The maximum Gasteiger partial charge on any atom is 0.253 e. The van der Waals surface area contributed by atoms with E-state index < -0.39 is 5.82 Å². The first-order valence-corrected chi connectivity index (χ1v) is 8.56. The fourth-order valence-corrected chi connectivity index (χ4v) is 2.67. The van der Waals surface area contributed by atoms with E-state index in [0.29, 0.717) is 36.6 Å². The summed E-state index contributed by atoms with van der Waals surface area (Å²) >= 11 is 0. The standard InChI is InChI=1S/C19H20FN5O2/c1-3-24(10-11-25-9-5-8-22-25)19(26)15-7-4-6-14(12-15)17-21-13-16(20)18(23-17)27-2/h4-9,12-13H,3,10-11H2,1-2H3. The molecule has 3 aromatic rings. The molecule has 0 unspecified atom stereocenters. The molecule has 0 atom stereocenters. The zero-order chi connectivity index (χ0) is 19.2. The SMILES string of the molecule is CCN(CCn1cccn1)C(=O)c1cccc(-c2ncc(F)c(OC)n2)c1. The number of halogens is 1. The van der Waals surface area contributed by atoms with Gasteiger partial charge in [0.2, 0.25) is 5.82 Å². The summed E-state index contributed by atoms with van der Waals surface area (Å²) in [5.41, 5.74) is 1.13. The van der Waals surface area contributed by atoms with Crippen molar-refractivity contribution in [2.45, 2.75) is 13.5 Å². The van der Waals surface area contributed by atoms with Gasteiger partial charge >= 0.3 is 0 Å². The van der Waals surface area contributed by atoms with Crippen molar-refractivity contribution in [1.82, 2.24) is 24.6 Å². The van der Waals surface area contributed by atoms with E-state index in [-0.39, 0.29) is 11.8 Å². The highest BCUT2D eigenvalue weighted by Crippen LogP contribution is 2.21. The van der Waals surface area contributed by atoms with E-state index in [4.69, 9.17) is 4.74 Å². The van der Waals surface area contributed by atoms with Crippen molar-refractivity contribution < 1.29 is 13.9 Å². The van der Waals surface area contributed by atoms with Crippen molar-refractivity contribution in [2.24, 2.45) is 0 Å². The predicted octanol–water partition coefficient (Wildman–Crippen LogP) is 2.65. The minimum atomic E-state index is -0.635. The van der Waals surface area contributed by atoms with E-state index in [1.165, 1.54) is 7.11 Å². The van der Waals surface area contributed by atoms with Gasteiger partial charge in [-0.2, -0.15) is 14.5 Å². The summed E-state index contributed by atoms with van der Waals surface area (Å²) < 4.78 is 20.2. The van der Waals surface area contributed by atoms with Crippen LogP contribution in [0.15, 0.2) is 48.9 Å². The first-order chi connectivity index (χ1) is 13.1. The Morgan fingerprint density at radius 3 is 2.89 bits per heavy atom. The molecular formula is C19H20FN5O2. The van der Waals surface area contributed by atoms with E-state index in [2.05, 4.69) is 15.1 Å². The van der Waals surface area contributed by atoms with E-state index in [1.54, 1.807) is 40.0 Å². The average molecular weight is 369 g/mol. The van der Waals surface area contributed by atoms with Crippen LogP contribution in [0.3, 0.4) is 0 Å². The number of rotatable bonds is 7. The van der Waals surface area contributed by atoms with E-state index in [9.17, 15) is 9.18 Å². The maximum absolute atomic E-state index is 13.5. The lowest BCUT2D eigenvalue weighted by atomic mass is 10.1. The average Bonchev–Trinajstić information content (AvgIpc) is 3.22. The van der Waals surface area contributed by atoms with Crippen LogP contribution in [0.25, 0.3) is 11.4 Å². The summed E-state index contributed by atoms with van der Waals surface area (Å²) in [4.78, 5) is 22.7. The van der Waals surface area contributed by atoms with Gasteiger partial charge < -0.3 is 9.64 Å². The minimum Gasteiger partial charge on any atom is -0.479 e. The fraction of sp³-hybridized carbons (Fsp3) is 0.263. The summed E-state index contributed by atoms with van der Waals surface area (Å²) in [5.74, 6) is -0.571. The Morgan fingerprint density at radius 1 is 1.33 bits per heavy atom. The minimum absolute atomic E-state index is 0.0967. The Hall–Kier alpha value is -3.29. The third kappa shape index (κ3) is 4.28. The molecule has 8 heteroatoms. The molecule has 0 saturated heterocycles. The monoisotopic (exact) mass is 369 g/mol. The van der Waals surface area contributed by atoms with Gasteiger partial charge in [-0.25, -0.2) is 4.98 Å². The molecule has 0 spiro atoms. The highest BCUT2D eigenvalue weighted by molar-refractivity contribution is 5.95. The lowest BCUT2D eigenvalue weighted by Crippen LogP contribution is -2.33. The number of methoxy groups -OCH3 is 1. The highest BCUT2D eigenvalue weighted by atomic mass is 19.1. The van der Waals surface area contributed by atoms with Gasteiger partial charge in [0.05, 0.1) is 19.9 Å². The molecule has 0 fully saturated rings. The number of amides is 1. The van der Waals surface area contributed by atoms with Crippen LogP contribution >= 0.6 is 0 Å². The van der Waals surface area contributed by atoms with Gasteiger partial charge in [-0.15, -0.1) is 0 Å². The van der Waals surface area contributed by atoms with Gasteiger partial charge in [-0.05, 0) is 25.1 Å². The van der Waals surface area contributed by atoms with Gasteiger partial charge in [-0.1, -0.05) is 12.1 Å². The summed E-state index contributed by atoms with van der Waals surface area (Å²) in [7, 11) is 1.34. The summed E-state index contributed by atoms with van der Waals surface area (Å²) in [6.07, 6.45) is 4.62. The highest BCUT2D eigenvalue weighted by Gasteiger charge is 2.16. The van der Waals surface area contributed by atoms with E-state index >= 15 is 0 Å². The normalized spacial score (nSPS) is 10.6.